The van der Waals surface area contributed by atoms with Crippen LogP contribution in [-0.2, 0) is 22.6 Å². The van der Waals surface area contributed by atoms with E-state index in [1.807, 2.05) is 47.3 Å². The summed E-state index contributed by atoms with van der Waals surface area (Å²) in [5.41, 5.74) is 4.25. The number of aryl methyl sites for hydroxylation is 2. The number of H-pyrrole nitrogens is 1. The molecule has 0 aliphatic carbocycles. The smallest absolute Gasteiger partial charge is 0.259 e. The zero-order chi connectivity index (χ0) is 20.5. The third-order valence-electron chi connectivity index (χ3n) is 5.31. The summed E-state index contributed by atoms with van der Waals surface area (Å²) in [5.74, 6) is -0.776. The zero-order valence-electron chi connectivity index (χ0n) is 16.1. The van der Waals surface area contributed by atoms with Crippen LogP contribution in [0.4, 0.5) is 0 Å². The fourth-order valence-corrected chi connectivity index (χ4v) is 3.88. The molecule has 0 radical (unpaired) electrons. The minimum atomic E-state index is -0.392. The van der Waals surface area contributed by atoms with Gasteiger partial charge in [-0.2, -0.15) is 5.10 Å². The van der Waals surface area contributed by atoms with Crippen LogP contribution in [0.5, 0.6) is 0 Å². The van der Waals surface area contributed by atoms with Gasteiger partial charge < -0.3 is 4.98 Å². The van der Waals surface area contributed by atoms with Gasteiger partial charge in [0, 0.05) is 53.4 Å². The van der Waals surface area contributed by atoms with Crippen LogP contribution < -0.4 is 5.32 Å². The highest BCUT2D eigenvalue weighted by atomic mass is 16.2. The molecule has 1 aromatic carbocycles. The van der Waals surface area contributed by atoms with E-state index >= 15 is 0 Å². The number of para-hydroxylation sites is 1. The van der Waals surface area contributed by atoms with Crippen LogP contribution >= 0.6 is 0 Å². The van der Waals surface area contributed by atoms with Gasteiger partial charge >= 0.3 is 0 Å². The van der Waals surface area contributed by atoms with E-state index in [-0.39, 0.29) is 5.91 Å². The van der Waals surface area contributed by atoms with Gasteiger partial charge in [0.25, 0.3) is 11.8 Å². The van der Waals surface area contributed by atoms with E-state index in [2.05, 4.69) is 20.4 Å². The number of fused-ring (bicyclic) bond motifs is 1. The third-order valence-corrected chi connectivity index (χ3v) is 5.31. The van der Waals surface area contributed by atoms with E-state index in [1.54, 1.807) is 24.8 Å². The van der Waals surface area contributed by atoms with Gasteiger partial charge in [-0.05, 0) is 36.6 Å². The second-order valence-corrected chi connectivity index (χ2v) is 7.23. The first kappa shape index (κ1) is 18.1. The number of nitrogens with zero attached hydrogens (tertiary/aromatic N) is 3. The lowest BCUT2D eigenvalue weighted by atomic mass is 9.98. The van der Waals surface area contributed by atoms with Gasteiger partial charge in [-0.25, -0.2) is 0 Å². The Labute approximate surface area is 172 Å². The Morgan fingerprint density at radius 3 is 2.63 bits per heavy atom. The molecule has 2 amide bonds. The first-order valence-corrected chi connectivity index (χ1v) is 9.79. The number of amides is 2. The third kappa shape index (κ3) is 3.20. The molecule has 148 valence electrons. The molecule has 4 heterocycles. The van der Waals surface area contributed by atoms with E-state index < -0.39 is 5.91 Å². The maximum atomic E-state index is 12.6. The number of carbonyl (C=O) groups is 2. The number of pyridine rings is 1. The van der Waals surface area contributed by atoms with E-state index in [4.69, 9.17) is 0 Å². The van der Waals surface area contributed by atoms with Crippen molar-refractivity contribution in [3.63, 3.8) is 0 Å². The Balaban J connectivity index is 1.44. The maximum Gasteiger partial charge on any atom is 0.259 e. The second-order valence-electron chi connectivity index (χ2n) is 7.23. The fourth-order valence-electron chi connectivity index (χ4n) is 3.88. The van der Waals surface area contributed by atoms with Crippen molar-refractivity contribution in [3.8, 4) is 0 Å². The standard InChI is InChI=1S/C23H19N5O2/c29-22-20(16-12-26-28(14-16)11-3-4-15-7-9-24-10-8-15)21(23(30)27-22)18-13-25-19-6-2-1-5-17(18)19/h1-2,5-10,12-14,25H,3-4,11H2,(H,27,29,30). The monoisotopic (exact) mass is 397 g/mol. The maximum absolute atomic E-state index is 12.6. The molecule has 3 aromatic heterocycles. The Bertz CT molecular complexity index is 1280. The molecule has 0 saturated carbocycles. The van der Waals surface area contributed by atoms with E-state index in [0.717, 1.165) is 29.3 Å². The second kappa shape index (κ2) is 7.44. The van der Waals surface area contributed by atoms with Crippen molar-refractivity contribution < 1.29 is 9.59 Å². The van der Waals surface area contributed by atoms with Gasteiger partial charge in [0.05, 0.1) is 17.3 Å². The molecule has 7 nitrogen and oxygen atoms in total. The van der Waals surface area contributed by atoms with Gasteiger partial charge in [-0.3, -0.25) is 24.6 Å². The number of benzene rings is 1. The molecule has 4 aromatic rings. The van der Waals surface area contributed by atoms with Gasteiger partial charge in [-0.1, -0.05) is 18.2 Å². The van der Waals surface area contributed by atoms with Crippen LogP contribution in [0, 0.1) is 0 Å². The number of aromatic nitrogens is 4. The molecular weight excluding hydrogens is 378 g/mol. The number of hydrogen-bond donors (Lipinski definition) is 2. The number of aromatic amines is 1. The van der Waals surface area contributed by atoms with E-state index in [0.29, 0.717) is 23.3 Å². The van der Waals surface area contributed by atoms with Gasteiger partial charge in [0.1, 0.15) is 0 Å². The van der Waals surface area contributed by atoms with Gasteiger partial charge in [-0.15, -0.1) is 0 Å². The number of nitrogens with one attached hydrogen (secondary N) is 2. The molecule has 7 heteroatoms. The topological polar surface area (TPSA) is 92.7 Å². The summed E-state index contributed by atoms with van der Waals surface area (Å²) in [6.45, 7) is 0.716. The average molecular weight is 397 g/mol. The molecule has 0 saturated heterocycles. The normalized spacial score (nSPS) is 14.0. The van der Waals surface area contributed by atoms with Crippen LogP contribution in [0.2, 0.25) is 0 Å². The van der Waals surface area contributed by atoms with Crippen LogP contribution in [0.25, 0.3) is 22.0 Å². The summed E-state index contributed by atoms with van der Waals surface area (Å²) >= 11 is 0. The summed E-state index contributed by atoms with van der Waals surface area (Å²) in [6, 6.07) is 11.7. The zero-order valence-corrected chi connectivity index (χ0v) is 16.1. The Morgan fingerprint density at radius 2 is 1.77 bits per heavy atom. The lowest BCUT2D eigenvalue weighted by Gasteiger charge is -2.03. The minimum absolute atomic E-state index is 0.366. The van der Waals surface area contributed by atoms with E-state index in [1.165, 1.54) is 5.56 Å². The first-order valence-electron chi connectivity index (χ1n) is 9.79. The molecule has 2 N–H and O–H groups in total. The number of hydrogen-bond acceptors (Lipinski definition) is 4. The molecule has 0 atom stereocenters. The largest absolute Gasteiger partial charge is 0.361 e. The van der Waals surface area contributed by atoms with E-state index in [9.17, 15) is 9.59 Å². The van der Waals surface area contributed by atoms with Crippen molar-refractivity contribution in [2.45, 2.75) is 19.4 Å². The molecule has 30 heavy (non-hydrogen) atoms. The van der Waals surface area contributed by atoms with Crippen LogP contribution in [-0.4, -0.2) is 31.6 Å². The molecule has 1 aliphatic rings. The predicted octanol–water partition coefficient (Wildman–Crippen LogP) is 2.96. The SMILES string of the molecule is O=C1NC(=O)C(c2c[nH]c3ccccc23)=C1c1cnn(CCCc2ccncc2)c1. The summed E-state index contributed by atoms with van der Waals surface area (Å²) in [5, 5.41) is 7.74. The molecular formula is C23H19N5O2. The van der Waals surface area contributed by atoms with Crippen molar-refractivity contribution in [2.75, 3.05) is 0 Å². The lowest BCUT2D eigenvalue weighted by Crippen LogP contribution is -2.22. The highest BCUT2D eigenvalue weighted by molar-refractivity contribution is 6.50. The number of carbonyl (C=O) groups excluding carboxylic acids is 2. The summed E-state index contributed by atoms with van der Waals surface area (Å²) in [4.78, 5) is 32.4. The quantitative estimate of drug-likeness (QED) is 0.489. The van der Waals surface area contributed by atoms with Gasteiger partial charge in [0.15, 0.2) is 0 Å². The van der Waals surface area contributed by atoms with Gasteiger partial charge in [0.2, 0.25) is 0 Å². The molecule has 0 spiro atoms. The predicted molar refractivity (Wildman–Crippen MR) is 113 cm³/mol. The highest BCUT2D eigenvalue weighted by Crippen LogP contribution is 2.34. The first-order chi connectivity index (χ1) is 14.7. The Morgan fingerprint density at radius 1 is 0.967 bits per heavy atom. The average Bonchev–Trinajstić information content (AvgIpc) is 3.46. The molecule has 1 aliphatic heterocycles. The van der Waals surface area contributed by atoms with Crippen molar-refractivity contribution in [2.24, 2.45) is 0 Å². The van der Waals surface area contributed by atoms with Crippen molar-refractivity contribution in [1.82, 2.24) is 25.1 Å². The minimum Gasteiger partial charge on any atom is -0.361 e. The molecule has 0 fully saturated rings. The Hall–Kier alpha value is -4.00. The van der Waals surface area contributed by atoms with Crippen molar-refractivity contribution in [3.05, 3.63) is 84.1 Å². The highest BCUT2D eigenvalue weighted by Gasteiger charge is 2.34. The van der Waals surface area contributed by atoms with Crippen LogP contribution in [0.15, 0.2) is 67.4 Å². The van der Waals surface area contributed by atoms with Crippen molar-refractivity contribution >= 4 is 33.9 Å². The lowest BCUT2D eigenvalue weighted by molar-refractivity contribution is -0.122. The van der Waals surface area contributed by atoms with Crippen LogP contribution in [0.1, 0.15) is 23.1 Å². The number of imide groups is 1. The Kier molecular flexibility index (Phi) is 4.48. The summed E-state index contributed by atoms with van der Waals surface area (Å²) < 4.78 is 1.81. The van der Waals surface area contributed by atoms with Crippen molar-refractivity contribution in [1.29, 1.82) is 0 Å². The number of rotatable bonds is 6. The molecule has 0 bridgehead atoms. The fraction of sp³-hybridized carbons (Fsp3) is 0.130. The molecule has 5 rings (SSSR count). The summed E-state index contributed by atoms with van der Waals surface area (Å²) in [6.07, 6.45) is 10.6. The molecule has 0 unspecified atom stereocenters. The van der Waals surface area contributed by atoms with Crippen LogP contribution in [0.3, 0.4) is 0 Å². The summed E-state index contributed by atoms with van der Waals surface area (Å²) in [7, 11) is 0.